The number of azo groups is 1. The number of aldehydes is 1. The second kappa shape index (κ2) is 8.52. The third-order valence-corrected chi connectivity index (χ3v) is 5.95. The zero-order chi connectivity index (χ0) is 23.0. The number of carbonyl (C=O) groups is 4. The Morgan fingerprint density at radius 2 is 1.94 bits per heavy atom. The van der Waals surface area contributed by atoms with E-state index < -0.39 is 29.4 Å². The summed E-state index contributed by atoms with van der Waals surface area (Å²) in [5, 5.41) is 18.6. The standard InChI is InChI=1S/C21H27N5O5/c1-10(2)26-17(20(31)25(4)5)14(9-27)22-21(26)24-23-16-18(29)13-8-6-7-12(11(3)28)15(13)19(16)30/h9-10,12-13,15,29H,6-8H2,1-5H3. The van der Waals surface area contributed by atoms with Crippen LogP contribution in [0.25, 0.3) is 0 Å². The first-order chi connectivity index (χ1) is 14.6. The van der Waals surface area contributed by atoms with E-state index in [-0.39, 0.29) is 40.6 Å². The van der Waals surface area contributed by atoms with Crippen LogP contribution in [0.3, 0.4) is 0 Å². The maximum absolute atomic E-state index is 13.0. The first-order valence-electron chi connectivity index (χ1n) is 10.3. The van der Waals surface area contributed by atoms with E-state index in [1.54, 1.807) is 27.9 Å². The Morgan fingerprint density at radius 1 is 1.26 bits per heavy atom. The number of rotatable bonds is 6. The van der Waals surface area contributed by atoms with Gasteiger partial charge in [0.1, 0.15) is 22.9 Å². The molecule has 2 aliphatic carbocycles. The summed E-state index contributed by atoms with van der Waals surface area (Å²) in [5.74, 6) is -2.59. The largest absolute Gasteiger partial charge is 0.510 e. The molecule has 31 heavy (non-hydrogen) atoms. The van der Waals surface area contributed by atoms with E-state index in [4.69, 9.17) is 0 Å². The van der Waals surface area contributed by atoms with E-state index in [1.165, 1.54) is 16.4 Å². The summed E-state index contributed by atoms with van der Waals surface area (Å²) in [6, 6.07) is -0.277. The van der Waals surface area contributed by atoms with E-state index in [1.807, 2.05) is 0 Å². The molecule has 3 rings (SSSR count). The molecule has 0 aliphatic heterocycles. The van der Waals surface area contributed by atoms with Crippen molar-refractivity contribution in [3.8, 4) is 0 Å². The second-order valence-corrected chi connectivity index (χ2v) is 8.51. The molecule has 10 nitrogen and oxygen atoms in total. The lowest BCUT2D eigenvalue weighted by molar-refractivity contribution is -0.131. The number of aliphatic hydroxyl groups is 1. The Balaban J connectivity index is 2.03. The monoisotopic (exact) mass is 429 g/mol. The highest BCUT2D eigenvalue weighted by molar-refractivity contribution is 6.03. The lowest BCUT2D eigenvalue weighted by Crippen LogP contribution is -2.34. The van der Waals surface area contributed by atoms with Crippen molar-refractivity contribution >= 4 is 29.7 Å². The lowest BCUT2D eigenvalue weighted by Gasteiger charge is -2.30. The molecule has 0 radical (unpaired) electrons. The highest BCUT2D eigenvalue weighted by Gasteiger charge is 2.49. The van der Waals surface area contributed by atoms with Gasteiger partial charge in [-0.3, -0.25) is 23.7 Å². The molecule has 1 heterocycles. The van der Waals surface area contributed by atoms with Crippen molar-refractivity contribution in [1.29, 1.82) is 0 Å². The third kappa shape index (κ3) is 3.82. The fourth-order valence-corrected chi connectivity index (χ4v) is 4.48. The van der Waals surface area contributed by atoms with Crippen LogP contribution in [0.4, 0.5) is 5.95 Å². The van der Waals surface area contributed by atoms with Gasteiger partial charge in [0.25, 0.3) is 11.9 Å². The van der Waals surface area contributed by atoms with E-state index >= 15 is 0 Å². The van der Waals surface area contributed by atoms with Gasteiger partial charge in [0, 0.05) is 37.9 Å². The number of nitrogens with zero attached hydrogens (tertiary/aromatic N) is 5. The summed E-state index contributed by atoms with van der Waals surface area (Å²) in [6.45, 7) is 5.05. The predicted molar refractivity (Wildman–Crippen MR) is 110 cm³/mol. The van der Waals surface area contributed by atoms with Crippen molar-refractivity contribution in [1.82, 2.24) is 14.5 Å². The van der Waals surface area contributed by atoms with Crippen molar-refractivity contribution in [2.24, 2.45) is 28.0 Å². The number of imidazole rings is 1. The molecular formula is C21H27N5O5. The van der Waals surface area contributed by atoms with Crippen molar-refractivity contribution in [2.75, 3.05) is 14.1 Å². The Hall–Kier alpha value is -3.17. The van der Waals surface area contributed by atoms with Gasteiger partial charge in [-0.2, -0.15) is 0 Å². The number of Topliss-reactive ketones (excluding diaryl/α,β-unsaturated/α-hetero) is 2. The van der Waals surface area contributed by atoms with Crippen LogP contribution >= 0.6 is 0 Å². The zero-order valence-corrected chi connectivity index (χ0v) is 18.3. The molecule has 10 heteroatoms. The number of hydrogen-bond acceptors (Lipinski definition) is 8. The molecule has 3 atom stereocenters. The third-order valence-electron chi connectivity index (χ3n) is 5.95. The van der Waals surface area contributed by atoms with Gasteiger partial charge in [-0.1, -0.05) is 6.42 Å². The van der Waals surface area contributed by atoms with Gasteiger partial charge in [0.05, 0.1) is 0 Å². The maximum atomic E-state index is 13.0. The van der Waals surface area contributed by atoms with Crippen LogP contribution in [-0.4, -0.2) is 57.4 Å². The fourth-order valence-electron chi connectivity index (χ4n) is 4.48. The fraction of sp³-hybridized carbons (Fsp3) is 0.571. The zero-order valence-electron chi connectivity index (χ0n) is 18.3. The van der Waals surface area contributed by atoms with Crippen molar-refractivity contribution in [3.05, 3.63) is 22.8 Å². The number of amides is 1. The molecule has 0 spiro atoms. The van der Waals surface area contributed by atoms with Crippen LogP contribution in [0, 0.1) is 17.8 Å². The van der Waals surface area contributed by atoms with E-state index in [9.17, 15) is 24.3 Å². The predicted octanol–water partition coefficient (Wildman–Crippen LogP) is 3.04. The molecule has 166 valence electrons. The molecule has 0 bridgehead atoms. The Bertz CT molecular complexity index is 1000. The smallest absolute Gasteiger partial charge is 0.272 e. The van der Waals surface area contributed by atoms with Crippen molar-refractivity contribution in [3.63, 3.8) is 0 Å². The van der Waals surface area contributed by atoms with Crippen LogP contribution in [0.1, 0.15) is 67.1 Å². The van der Waals surface area contributed by atoms with Crippen LogP contribution < -0.4 is 0 Å². The number of fused-ring (bicyclic) bond motifs is 1. The number of allylic oxidation sites excluding steroid dienone is 2. The molecule has 1 aromatic heterocycles. The molecule has 1 saturated carbocycles. The minimum absolute atomic E-state index is 0.0200. The van der Waals surface area contributed by atoms with Crippen LogP contribution in [0.15, 0.2) is 21.7 Å². The summed E-state index contributed by atoms with van der Waals surface area (Å²) in [7, 11) is 3.12. The summed E-state index contributed by atoms with van der Waals surface area (Å²) in [5.41, 5.74) is -0.192. The number of aromatic nitrogens is 2. The number of hydrogen-bond donors (Lipinski definition) is 1. The first-order valence-corrected chi connectivity index (χ1v) is 10.3. The molecule has 3 unspecified atom stereocenters. The van der Waals surface area contributed by atoms with Gasteiger partial charge >= 0.3 is 0 Å². The van der Waals surface area contributed by atoms with Crippen LogP contribution in [-0.2, 0) is 9.59 Å². The molecule has 1 aromatic rings. The quantitative estimate of drug-likeness (QED) is 0.545. The maximum Gasteiger partial charge on any atom is 0.272 e. The van der Waals surface area contributed by atoms with Crippen LogP contribution in [0.2, 0.25) is 0 Å². The summed E-state index contributed by atoms with van der Waals surface area (Å²) in [4.78, 5) is 54.5. The summed E-state index contributed by atoms with van der Waals surface area (Å²) < 4.78 is 1.47. The first kappa shape index (κ1) is 22.5. The molecule has 1 N–H and O–H groups in total. The van der Waals surface area contributed by atoms with E-state index in [2.05, 4.69) is 15.2 Å². The minimum Gasteiger partial charge on any atom is -0.510 e. The van der Waals surface area contributed by atoms with Gasteiger partial charge in [0.2, 0.25) is 0 Å². The second-order valence-electron chi connectivity index (χ2n) is 8.51. The lowest BCUT2D eigenvalue weighted by atomic mass is 9.71. The number of ketones is 2. The molecule has 0 aromatic carbocycles. The highest BCUT2D eigenvalue weighted by atomic mass is 16.3. The minimum atomic E-state index is -0.624. The average molecular weight is 429 g/mol. The van der Waals surface area contributed by atoms with Gasteiger partial charge in [0.15, 0.2) is 17.8 Å². The van der Waals surface area contributed by atoms with E-state index in [0.29, 0.717) is 19.1 Å². The molecule has 1 amide bonds. The molecule has 1 fully saturated rings. The number of aliphatic hydroxyl groups excluding tert-OH is 1. The Labute approximate surface area is 180 Å². The molecule has 0 saturated heterocycles. The van der Waals surface area contributed by atoms with Gasteiger partial charge in [-0.15, -0.1) is 10.2 Å². The van der Waals surface area contributed by atoms with Crippen molar-refractivity contribution < 1.29 is 24.3 Å². The SMILES string of the molecule is CC(=O)C1CCCC2C(O)=C(N=Nc3nc(C=O)c(C(=O)N(C)C)n3C(C)C)C(=O)C12. The number of carbonyl (C=O) groups excluding carboxylic acids is 4. The topological polar surface area (TPSA) is 134 Å². The Morgan fingerprint density at radius 3 is 2.48 bits per heavy atom. The average Bonchev–Trinajstić information content (AvgIpc) is 3.21. The van der Waals surface area contributed by atoms with Crippen LogP contribution in [0.5, 0.6) is 0 Å². The molecular weight excluding hydrogens is 402 g/mol. The van der Waals surface area contributed by atoms with Gasteiger partial charge < -0.3 is 10.0 Å². The summed E-state index contributed by atoms with van der Waals surface area (Å²) in [6.07, 6.45) is 2.42. The highest BCUT2D eigenvalue weighted by Crippen LogP contribution is 2.46. The Kier molecular flexibility index (Phi) is 6.19. The van der Waals surface area contributed by atoms with Gasteiger partial charge in [-0.25, -0.2) is 4.98 Å². The molecule has 2 aliphatic rings. The van der Waals surface area contributed by atoms with Crippen molar-refractivity contribution in [2.45, 2.75) is 46.1 Å². The van der Waals surface area contributed by atoms with E-state index in [0.717, 1.165) is 6.42 Å². The normalized spacial score (nSPS) is 23.5. The van der Waals surface area contributed by atoms with Gasteiger partial charge in [-0.05, 0) is 33.6 Å². The summed E-state index contributed by atoms with van der Waals surface area (Å²) >= 11 is 0.